The van der Waals surface area contributed by atoms with Gasteiger partial charge in [-0.05, 0) is 42.5 Å². The number of hydrogen-bond donors (Lipinski definition) is 0. The number of thiophene rings is 1. The van der Waals surface area contributed by atoms with Gasteiger partial charge in [-0.15, -0.1) is 11.3 Å². The lowest BCUT2D eigenvalue weighted by molar-refractivity contribution is 0.671. The lowest BCUT2D eigenvalue weighted by Gasteiger charge is -2.10. The van der Waals surface area contributed by atoms with Gasteiger partial charge in [0.05, 0.1) is 16.7 Å². The first-order valence-corrected chi connectivity index (χ1v) is 12.7. The maximum atomic E-state index is 6.54. The molecule has 0 atom stereocenters. The molecule has 5 nitrogen and oxygen atoms in total. The normalized spacial score (nSPS) is 12.4. The summed E-state index contributed by atoms with van der Waals surface area (Å²) in [6.07, 6.45) is 1.81. The highest BCUT2D eigenvalue weighted by Gasteiger charge is 2.22. The summed E-state index contributed by atoms with van der Waals surface area (Å²) in [5.74, 6) is 0. The fourth-order valence-electron chi connectivity index (χ4n) is 5.74. The summed E-state index contributed by atoms with van der Waals surface area (Å²) in [7, 11) is 0. The Morgan fingerprint density at radius 2 is 1.58 bits per heavy atom. The molecule has 0 aliphatic heterocycles. The maximum absolute atomic E-state index is 6.54. The zero-order valence-corrected chi connectivity index (χ0v) is 19.7. The Bertz CT molecular complexity index is 2330. The van der Waals surface area contributed by atoms with Gasteiger partial charge in [-0.1, -0.05) is 48.5 Å². The van der Waals surface area contributed by atoms with Gasteiger partial charge in [0.15, 0.2) is 11.2 Å². The molecule has 0 fully saturated rings. The van der Waals surface area contributed by atoms with Crippen LogP contribution < -0.4 is 0 Å². The van der Waals surface area contributed by atoms with Gasteiger partial charge >= 0.3 is 0 Å². The predicted molar refractivity (Wildman–Crippen MR) is 147 cm³/mol. The molecule has 36 heavy (non-hydrogen) atoms. The van der Waals surface area contributed by atoms with Crippen LogP contribution in [-0.4, -0.2) is 19.2 Å². The van der Waals surface area contributed by atoms with Crippen molar-refractivity contribution < 1.29 is 4.42 Å². The molecule has 0 amide bonds. The van der Waals surface area contributed by atoms with Gasteiger partial charge < -0.3 is 8.98 Å². The summed E-state index contributed by atoms with van der Waals surface area (Å²) in [6, 6.07) is 31.7. The highest BCUT2D eigenvalue weighted by atomic mass is 32.1. The highest BCUT2D eigenvalue weighted by Crippen LogP contribution is 2.43. The van der Waals surface area contributed by atoms with Crippen LogP contribution in [0.15, 0.2) is 102 Å². The van der Waals surface area contributed by atoms with Crippen LogP contribution in [-0.2, 0) is 0 Å². The quantitative estimate of drug-likeness (QED) is 0.238. The van der Waals surface area contributed by atoms with Crippen molar-refractivity contribution >= 4 is 81.2 Å². The molecule has 4 aromatic carbocycles. The molecule has 0 unspecified atom stereocenters. The molecule has 0 aliphatic rings. The molecule has 168 valence electrons. The largest absolute Gasteiger partial charge is 0.454 e. The standard InChI is InChI=1S/C30H16N4OS/c1-3-9-21-17(7-1)19-14-15-20-18-8-2-4-11-23(18)35-29(20)28(19)33(21)22-10-5-12-24-26(22)27-30(36-24)34-25(32-27)13-6-16-31-34/h1-16H. The van der Waals surface area contributed by atoms with Gasteiger partial charge in [-0.2, -0.15) is 5.10 Å². The van der Waals surface area contributed by atoms with Crippen LogP contribution in [0.25, 0.3) is 75.5 Å². The van der Waals surface area contributed by atoms with Crippen molar-refractivity contribution in [2.45, 2.75) is 0 Å². The number of rotatable bonds is 1. The first-order chi connectivity index (χ1) is 17.9. The van der Waals surface area contributed by atoms with Crippen molar-refractivity contribution in [1.82, 2.24) is 19.2 Å². The third kappa shape index (κ3) is 2.20. The number of aromatic nitrogens is 4. The Labute approximate surface area is 207 Å². The Morgan fingerprint density at radius 1 is 0.722 bits per heavy atom. The molecule has 0 saturated heterocycles. The maximum Gasteiger partial charge on any atom is 0.160 e. The van der Waals surface area contributed by atoms with E-state index >= 15 is 0 Å². The van der Waals surface area contributed by atoms with E-state index in [9.17, 15) is 0 Å². The summed E-state index contributed by atoms with van der Waals surface area (Å²) in [4.78, 5) is 6.06. The number of fused-ring (bicyclic) bond motifs is 12. The van der Waals surface area contributed by atoms with E-state index in [1.54, 1.807) is 11.3 Å². The molecule has 5 aromatic heterocycles. The van der Waals surface area contributed by atoms with Crippen LogP contribution in [0.2, 0.25) is 0 Å². The SMILES string of the molecule is c1ccc2c(c1)oc1c2ccc2c3ccccc3n(-c3cccc4sc5c(nc6cccnn65)c34)c21. The minimum atomic E-state index is 0.859. The van der Waals surface area contributed by atoms with Crippen molar-refractivity contribution in [2.24, 2.45) is 0 Å². The summed E-state index contributed by atoms with van der Waals surface area (Å²) in [5, 5.41) is 10.3. The average molecular weight is 481 g/mol. The summed E-state index contributed by atoms with van der Waals surface area (Å²) in [5.41, 5.74) is 6.97. The minimum absolute atomic E-state index is 0.859. The predicted octanol–water partition coefficient (Wildman–Crippen LogP) is 8.09. The number of benzene rings is 4. The third-order valence-corrected chi connectivity index (χ3v) is 8.34. The molecule has 0 radical (unpaired) electrons. The fourth-order valence-corrected chi connectivity index (χ4v) is 6.87. The lowest BCUT2D eigenvalue weighted by Crippen LogP contribution is -1.95. The van der Waals surface area contributed by atoms with Crippen molar-refractivity contribution in [1.29, 1.82) is 0 Å². The van der Waals surface area contributed by atoms with Crippen molar-refractivity contribution in [3.05, 3.63) is 97.2 Å². The first-order valence-electron chi connectivity index (χ1n) is 11.9. The number of para-hydroxylation sites is 2. The van der Waals surface area contributed by atoms with E-state index in [4.69, 9.17) is 9.40 Å². The number of hydrogen-bond acceptors (Lipinski definition) is 4. The van der Waals surface area contributed by atoms with Crippen molar-refractivity contribution in [3.63, 3.8) is 0 Å². The van der Waals surface area contributed by atoms with Crippen LogP contribution in [0, 0.1) is 0 Å². The van der Waals surface area contributed by atoms with E-state index in [2.05, 4.69) is 76.4 Å². The topological polar surface area (TPSA) is 48.3 Å². The van der Waals surface area contributed by atoms with Gasteiger partial charge in [-0.3, -0.25) is 0 Å². The second-order valence-corrected chi connectivity index (χ2v) is 10.1. The summed E-state index contributed by atoms with van der Waals surface area (Å²) >= 11 is 1.73. The van der Waals surface area contributed by atoms with Crippen molar-refractivity contribution in [2.75, 3.05) is 0 Å². The fraction of sp³-hybridized carbons (Fsp3) is 0. The van der Waals surface area contributed by atoms with E-state index in [1.165, 1.54) is 15.5 Å². The van der Waals surface area contributed by atoms with Crippen LogP contribution in [0.3, 0.4) is 0 Å². The van der Waals surface area contributed by atoms with Crippen LogP contribution in [0.5, 0.6) is 0 Å². The van der Waals surface area contributed by atoms with Gasteiger partial charge in [-0.25, -0.2) is 9.50 Å². The Balaban J connectivity index is 1.53. The van der Waals surface area contributed by atoms with Crippen molar-refractivity contribution in [3.8, 4) is 5.69 Å². The van der Waals surface area contributed by atoms with Crippen LogP contribution in [0.1, 0.15) is 0 Å². The molecule has 0 N–H and O–H groups in total. The van der Waals surface area contributed by atoms with E-state index in [0.717, 1.165) is 60.0 Å². The van der Waals surface area contributed by atoms with Gasteiger partial charge in [0.1, 0.15) is 15.9 Å². The molecular weight excluding hydrogens is 464 g/mol. The Hall–Kier alpha value is -4.68. The molecule has 9 aromatic rings. The number of imidazole rings is 1. The molecule has 0 saturated carbocycles. The molecule has 0 aliphatic carbocycles. The van der Waals surface area contributed by atoms with Crippen LogP contribution in [0.4, 0.5) is 0 Å². The number of furan rings is 1. The summed E-state index contributed by atoms with van der Waals surface area (Å²) in [6.45, 7) is 0. The second kappa shape index (κ2) is 6.50. The van der Waals surface area contributed by atoms with Gasteiger partial charge in [0.25, 0.3) is 0 Å². The molecule has 0 bridgehead atoms. The van der Waals surface area contributed by atoms with E-state index in [-0.39, 0.29) is 0 Å². The highest BCUT2D eigenvalue weighted by molar-refractivity contribution is 7.25. The Morgan fingerprint density at radius 3 is 2.56 bits per heavy atom. The zero-order chi connectivity index (χ0) is 23.4. The Kier molecular flexibility index (Phi) is 3.36. The third-order valence-electron chi connectivity index (χ3n) is 7.22. The average Bonchev–Trinajstić information content (AvgIpc) is 3.66. The monoisotopic (exact) mass is 480 g/mol. The van der Waals surface area contributed by atoms with Gasteiger partial charge in [0.2, 0.25) is 0 Å². The van der Waals surface area contributed by atoms with E-state index in [0.29, 0.717) is 0 Å². The lowest BCUT2D eigenvalue weighted by atomic mass is 10.1. The van der Waals surface area contributed by atoms with Crippen LogP contribution >= 0.6 is 11.3 Å². The van der Waals surface area contributed by atoms with E-state index in [1.807, 2.05) is 35.0 Å². The molecule has 0 spiro atoms. The molecule has 6 heteroatoms. The van der Waals surface area contributed by atoms with E-state index < -0.39 is 0 Å². The second-order valence-electron chi connectivity index (χ2n) is 9.10. The zero-order valence-electron chi connectivity index (χ0n) is 18.8. The van der Waals surface area contributed by atoms with Gasteiger partial charge in [0, 0.05) is 37.8 Å². The molecule has 5 heterocycles. The molecule has 9 rings (SSSR count). The molecular formula is C30H16N4OS. The summed E-state index contributed by atoms with van der Waals surface area (Å²) < 4.78 is 12.0. The minimum Gasteiger partial charge on any atom is -0.454 e. The number of nitrogens with zero attached hydrogens (tertiary/aromatic N) is 4. The first kappa shape index (κ1) is 18.6. The smallest absolute Gasteiger partial charge is 0.160 e.